The molecule has 28 heavy (non-hydrogen) atoms. The van der Waals surface area contributed by atoms with E-state index in [1.807, 2.05) is 43.3 Å². The van der Waals surface area contributed by atoms with Gasteiger partial charge in [0, 0.05) is 12.0 Å². The zero-order valence-electron chi connectivity index (χ0n) is 16.5. The summed E-state index contributed by atoms with van der Waals surface area (Å²) in [6.07, 6.45) is 3.20. The van der Waals surface area contributed by atoms with Crippen LogP contribution in [-0.2, 0) is 11.2 Å². The number of methoxy groups -OCH3 is 2. The number of benzene rings is 2. The van der Waals surface area contributed by atoms with Crippen molar-refractivity contribution >= 4 is 27.5 Å². The number of rotatable bonds is 9. The van der Waals surface area contributed by atoms with Crippen molar-refractivity contribution in [3.63, 3.8) is 0 Å². The molecule has 1 atom stereocenters. The van der Waals surface area contributed by atoms with Gasteiger partial charge in [0.15, 0.2) is 0 Å². The molecule has 1 aromatic heterocycles. The van der Waals surface area contributed by atoms with Gasteiger partial charge < -0.3 is 14.8 Å². The molecule has 0 spiro atoms. The number of aromatic nitrogens is 1. The number of carbonyl (C=O) groups excluding carboxylic acids is 1. The Balaban J connectivity index is 1.47. The molecule has 148 valence electrons. The Labute approximate surface area is 169 Å². The first-order valence-corrected chi connectivity index (χ1v) is 10.3. The van der Waals surface area contributed by atoms with E-state index in [4.69, 9.17) is 9.47 Å². The van der Waals surface area contributed by atoms with Crippen LogP contribution in [0.1, 0.15) is 42.8 Å². The van der Waals surface area contributed by atoms with E-state index in [-0.39, 0.29) is 11.9 Å². The van der Waals surface area contributed by atoms with Crippen LogP contribution in [0.15, 0.2) is 42.5 Å². The number of ether oxygens (including phenoxy) is 2. The zero-order chi connectivity index (χ0) is 19.9. The highest BCUT2D eigenvalue weighted by Gasteiger charge is 2.15. The molecule has 0 aliphatic heterocycles. The summed E-state index contributed by atoms with van der Waals surface area (Å²) in [7, 11) is 3.25. The van der Waals surface area contributed by atoms with Crippen molar-refractivity contribution in [3.8, 4) is 11.5 Å². The molecule has 3 aromatic rings. The number of fused-ring (bicyclic) bond motifs is 1. The lowest BCUT2D eigenvalue weighted by atomic mass is 10.1. The molecular formula is C22H26N2O3S. The lowest BCUT2D eigenvalue weighted by molar-refractivity contribution is -0.121. The molecule has 0 fully saturated rings. The van der Waals surface area contributed by atoms with E-state index in [1.165, 1.54) is 4.70 Å². The summed E-state index contributed by atoms with van der Waals surface area (Å²) in [5.41, 5.74) is 1.96. The van der Waals surface area contributed by atoms with E-state index in [0.717, 1.165) is 46.8 Å². The number of para-hydroxylation sites is 1. The lowest BCUT2D eigenvalue weighted by Crippen LogP contribution is -2.26. The lowest BCUT2D eigenvalue weighted by Gasteiger charge is -2.18. The van der Waals surface area contributed by atoms with Gasteiger partial charge in [-0.3, -0.25) is 4.79 Å². The highest BCUT2D eigenvalue weighted by Crippen LogP contribution is 2.29. The van der Waals surface area contributed by atoms with Crippen LogP contribution in [0.25, 0.3) is 10.2 Å². The quantitative estimate of drug-likeness (QED) is 0.521. The van der Waals surface area contributed by atoms with E-state index >= 15 is 0 Å². The summed E-state index contributed by atoms with van der Waals surface area (Å²) in [6.45, 7) is 1.95. The highest BCUT2D eigenvalue weighted by atomic mass is 32.1. The topological polar surface area (TPSA) is 60.5 Å². The van der Waals surface area contributed by atoms with Gasteiger partial charge in [-0.1, -0.05) is 12.1 Å². The van der Waals surface area contributed by atoms with Crippen molar-refractivity contribution in [2.45, 2.75) is 38.6 Å². The highest BCUT2D eigenvalue weighted by molar-refractivity contribution is 7.18. The average Bonchev–Trinajstić information content (AvgIpc) is 3.13. The molecule has 6 heteroatoms. The Morgan fingerprint density at radius 3 is 2.71 bits per heavy atom. The third-order valence-corrected chi connectivity index (χ3v) is 5.76. The van der Waals surface area contributed by atoms with Crippen LogP contribution in [0.4, 0.5) is 0 Å². The molecule has 0 aliphatic rings. The monoisotopic (exact) mass is 398 g/mol. The number of hydrogen-bond acceptors (Lipinski definition) is 5. The summed E-state index contributed by atoms with van der Waals surface area (Å²) in [5.74, 6) is 1.53. The predicted molar refractivity (Wildman–Crippen MR) is 113 cm³/mol. The maximum Gasteiger partial charge on any atom is 0.220 e. The third kappa shape index (κ3) is 5.01. The van der Waals surface area contributed by atoms with Crippen molar-refractivity contribution in [2.24, 2.45) is 0 Å². The Morgan fingerprint density at radius 1 is 1.14 bits per heavy atom. The van der Waals surface area contributed by atoms with E-state index in [1.54, 1.807) is 25.6 Å². The second kappa shape index (κ2) is 9.55. The van der Waals surface area contributed by atoms with Gasteiger partial charge in [0.05, 0.1) is 35.5 Å². The number of aryl methyl sites for hydroxylation is 1. The fourth-order valence-electron chi connectivity index (χ4n) is 3.16. The average molecular weight is 399 g/mol. The molecule has 3 rings (SSSR count). The summed E-state index contributed by atoms with van der Waals surface area (Å²) < 4.78 is 11.9. The number of carbonyl (C=O) groups is 1. The van der Waals surface area contributed by atoms with Crippen molar-refractivity contribution in [2.75, 3.05) is 14.2 Å². The Kier molecular flexibility index (Phi) is 6.87. The summed E-state index contributed by atoms with van der Waals surface area (Å²) >= 11 is 1.73. The van der Waals surface area contributed by atoms with Crippen molar-refractivity contribution in [3.05, 3.63) is 53.0 Å². The standard InChI is InChI=1S/C22H26N2O3S/c1-15(17-14-16(26-2)12-13-19(17)27-3)23-21(25)10-6-7-11-22-24-18-8-4-5-9-20(18)28-22/h4-5,8-9,12-15H,6-7,10-11H2,1-3H3,(H,23,25)/t15-/m1/s1. The third-order valence-electron chi connectivity index (χ3n) is 4.66. The molecule has 0 saturated carbocycles. The van der Waals surface area contributed by atoms with Crippen LogP contribution in [0.2, 0.25) is 0 Å². The van der Waals surface area contributed by atoms with Crippen LogP contribution in [-0.4, -0.2) is 25.1 Å². The first-order chi connectivity index (χ1) is 13.6. The van der Waals surface area contributed by atoms with E-state index in [9.17, 15) is 4.79 Å². The van der Waals surface area contributed by atoms with Crippen LogP contribution >= 0.6 is 11.3 Å². The summed E-state index contributed by atoms with van der Waals surface area (Å²) in [5, 5.41) is 4.19. The molecule has 0 unspecified atom stereocenters. The van der Waals surface area contributed by atoms with Crippen LogP contribution in [0.5, 0.6) is 11.5 Å². The van der Waals surface area contributed by atoms with Gasteiger partial charge in [-0.25, -0.2) is 4.98 Å². The summed E-state index contributed by atoms with van der Waals surface area (Å²) in [4.78, 5) is 17.0. The van der Waals surface area contributed by atoms with Gasteiger partial charge in [-0.2, -0.15) is 0 Å². The molecule has 1 amide bonds. The van der Waals surface area contributed by atoms with Gasteiger partial charge in [0.2, 0.25) is 5.91 Å². The molecule has 0 radical (unpaired) electrons. The zero-order valence-corrected chi connectivity index (χ0v) is 17.3. The normalized spacial score (nSPS) is 12.0. The second-order valence-corrected chi connectivity index (χ2v) is 7.79. The molecule has 0 aliphatic carbocycles. The molecular weight excluding hydrogens is 372 g/mol. The van der Waals surface area contributed by atoms with Gasteiger partial charge >= 0.3 is 0 Å². The number of amides is 1. The molecule has 2 aromatic carbocycles. The minimum Gasteiger partial charge on any atom is -0.497 e. The smallest absolute Gasteiger partial charge is 0.220 e. The van der Waals surface area contributed by atoms with E-state index in [2.05, 4.69) is 16.4 Å². The van der Waals surface area contributed by atoms with Gasteiger partial charge in [-0.05, 0) is 56.5 Å². The Bertz CT molecular complexity index is 905. The van der Waals surface area contributed by atoms with E-state index in [0.29, 0.717) is 6.42 Å². The number of unbranched alkanes of at least 4 members (excludes halogenated alkanes) is 1. The van der Waals surface area contributed by atoms with Gasteiger partial charge in [0.25, 0.3) is 0 Å². The predicted octanol–water partition coefficient (Wildman–Crippen LogP) is 4.90. The summed E-state index contributed by atoms with van der Waals surface area (Å²) in [6, 6.07) is 13.6. The molecule has 0 saturated heterocycles. The van der Waals surface area contributed by atoms with Gasteiger partial charge in [-0.15, -0.1) is 11.3 Å². The number of nitrogens with zero attached hydrogens (tertiary/aromatic N) is 1. The molecule has 5 nitrogen and oxygen atoms in total. The minimum absolute atomic E-state index is 0.0432. The van der Waals surface area contributed by atoms with Crippen molar-refractivity contribution < 1.29 is 14.3 Å². The Hall–Kier alpha value is -2.60. The fourth-order valence-corrected chi connectivity index (χ4v) is 4.17. The Morgan fingerprint density at radius 2 is 1.96 bits per heavy atom. The van der Waals surface area contributed by atoms with Crippen LogP contribution < -0.4 is 14.8 Å². The molecule has 1 heterocycles. The minimum atomic E-state index is -0.151. The maximum atomic E-state index is 12.3. The van der Waals surface area contributed by atoms with Crippen LogP contribution in [0, 0.1) is 0 Å². The van der Waals surface area contributed by atoms with Gasteiger partial charge in [0.1, 0.15) is 11.5 Å². The first kappa shape index (κ1) is 20.1. The van der Waals surface area contributed by atoms with Crippen molar-refractivity contribution in [1.29, 1.82) is 0 Å². The second-order valence-electron chi connectivity index (χ2n) is 6.68. The SMILES string of the molecule is COc1ccc(OC)c([C@@H](C)NC(=O)CCCCc2nc3ccccc3s2)c1. The van der Waals surface area contributed by atoms with Crippen LogP contribution in [0.3, 0.4) is 0 Å². The largest absolute Gasteiger partial charge is 0.497 e. The molecule has 1 N–H and O–H groups in total. The van der Waals surface area contributed by atoms with E-state index < -0.39 is 0 Å². The number of nitrogens with one attached hydrogen (secondary N) is 1. The number of hydrogen-bond donors (Lipinski definition) is 1. The fraction of sp³-hybridized carbons (Fsp3) is 0.364. The maximum absolute atomic E-state index is 12.3. The first-order valence-electron chi connectivity index (χ1n) is 9.46. The molecule has 0 bridgehead atoms. The van der Waals surface area contributed by atoms with Crippen molar-refractivity contribution in [1.82, 2.24) is 10.3 Å². The number of thiazole rings is 1.